The fraction of sp³-hybridized carbons (Fsp3) is 0.812. The number of aliphatic carboxylic acids is 1. The van der Waals surface area contributed by atoms with Gasteiger partial charge in [0.05, 0.1) is 0 Å². The van der Waals surface area contributed by atoms with E-state index in [1.807, 2.05) is 0 Å². The third kappa shape index (κ3) is 17.2. The van der Waals surface area contributed by atoms with Crippen LogP contribution in [-0.4, -0.2) is 22.8 Å². The molecule has 0 saturated carbocycles. The fourth-order valence-electron chi connectivity index (χ4n) is 2.15. The van der Waals surface area contributed by atoms with Crippen molar-refractivity contribution >= 4 is 5.97 Å². The van der Waals surface area contributed by atoms with E-state index < -0.39 is 5.97 Å². The van der Waals surface area contributed by atoms with Crippen LogP contribution in [-0.2, 0) is 4.79 Å². The predicted octanol–water partition coefficient (Wildman–Crippen LogP) is 4.30. The number of carboxylic acid groups (broad SMARTS) is 1. The summed E-state index contributed by atoms with van der Waals surface area (Å²) >= 11 is 0. The highest BCUT2D eigenvalue weighted by Gasteiger charge is 1.93. The lowest BCUT2D eigenvalue weighted by Crippen LogP contribution is -1.86. The summed E-state index contributed by atoms with van der Waals surface area (Å²) < 4.78 is 0. The van der Waals surface area contributed by atoms with Gasteiger partial charge < -0.3 is 10.2 Å². The second-order valence-corrected chi connectivity index (χ2v) is 5.14. The first kappa shape index (κ1) is 18.2. The van der Waals surface area contributed by atoms with Crippen LogP contribution < -0.4 is 0 Å². The maximum atomic E-state index is 10.2. The number of hydrogen-bond donors (Lipinski definition) is 2. The van der Waals surface area contributed by atoms with Gasteiger partial charge in [-0.05, 0) is 19.3 Å². The molecule has 0 aromatic carbocycles. The number of rotatable bonds is 14. The van der Waals surface area contributed by atoms with Crippen molar-refractivity contribution in [3.63, 3.8) is 0 Å². The standard InChI is InChI=1S/C16H30O3/c17-15-13-11-9-7-5-3-1-2-4-6-8-10-12-14-16(18)19/h12,14,17H,1-11,13,15H2,(H,18,19)/b14-12+. The van der Waals surface area contributed by atoms with Crippen molar-refractivity contribution in [2.75, 3.05) is 6.61 Å². The molecular formula is C16H30O3. The molecule has 0 aliphatic carbocycles. The van der Waals surface area contributed by atoms with Crippen LogP contribution in [0.25, 0.3) is 0 Å². The summed E-state index contributed by atoms with van der Waals surface area (Å²) in [5.41, 5.74) is 0. The van der Waals surface area contributed by atoms with E-state index in [4.69, 9.17) is 10.2 Å². The van der Waals surface area contributed by atoms with Crippen molar-refractivity contribution < 1.29 is 15.0 Å². The zero-order valence-corrected chi connectivity index (χ0v) is 12.1. The van der Waals surface area contributed by atoms with Crippen LogP contribution in [0.5, 0.6) is 0 Å². The number of allylic oxidation sites excluding steroid dienone is 1. The third-order valence-corrected chi connectivity index (χ3v) is 3.29. The Hall–Kier alpha value is -0.830. The predicted molar refractivity (Wildman–Crippen MR) is 79.3 cm³/mol. The Morgan fingerprint density at radius 3 is 1.58 bits per heavy atom. The minimum absolute atomic E-state index is 0.335. The van der Waals surface area contributed by atoms with Crippen LogP contribution >= 0.6 is 0 Å². The molecule has 0 radical (unpaired) electrons. The van der Waals surface area contributed by atoms with Crippen LogP contribution in [0.1, 0.15) is 77.0 Å². The van der Waals surface area contributed by atoms with Gasteiger partial charge in [0.25, 0.3) is 0 Å². The molecule has 2 N–H and O–H groups in total. The first-order valence-electron chi connectivity index (χ1n) is 7.77. The van der Waals surface area contributed by atoms with Crippen LogP contribution in [0.15, 0.2) is 12.2 Å². The number of carboxylic acids is 1. The van der Waals surface area contributed by atoms with Crippen LogP contribution in [0.3, 0.4) is 0 Å². The van der Waals surface area contributed by atoms with Gasteiger partial charge in [-0.25, -0.2) is 4.79 Å². The lowest BCUT2D eigenvalue weighted by atomic mass is 10.1. The average molecular weight is 270 g/mol. The molecule has 112 valence electrons. The van der Waals surface area contributed by atoms with Crippen LogP contribution in [0, 0.1) is 0 Å². The highest BCUT2D eigenvalue weighted by molar-refractivity contribution is 5.79. The highest BCUT2D eigenvalue weighted by atomic mass is 16.4. The number of aliphatic hydroxyl groups excluding tert-OH is 1. The van der Waals surface area contributed by atoms with Crippen LogP contribution in [0.2, 0.25) is 0 Å². The number of carbonyl (C=O) groups is 1. The summed E-state index contributed by atoms with van der Waals surface area (Å²) in [6.07, 6.45) is 17.4. The smallest absolute Gasteiger partial charge is 0.327 e. The lowest BCUT2D eigenvalue weighted by molar-refractivity contribution is -0.131. The van der Waals surface area contributed by atoms with Crippen molar-refractivity contribution in [1.82, 2.24) is 0 Å². The minimum atomic E-state index is -0.848. The van der Waals surface area contributed by atoms with Gasteiger partial charge in [-0.2, -0.15) is 0 Å². The summed E-state index contributed by atoms with van der Waals surface area (Å²) in [7, 11) is 0. The zero-order chi connectivity index (χ0) is 14.2. The van der Waals surface area contributed by atoms with Gasteiger partial charge in [0.15, 0.2) is 0 Å². The largest absolute Gasteiger partial charge is 0.478 e. The van der Waals surface area contributed by atoms with Gasteiger partial charge in [0, 0.05) is 12.7 Å². The Morgan fingerprint density at radius 2 is 1.16 bits per heavy atom. The van der Waals surface area contributed by atoms with Gasteiger partial charge in [-0.3, -0.25) is 0 Å². The second-order valence-electron chi connectivity index (χ2n) is 5.14. The molecule has 0 bridgehead atoms. The van der Waals surface area contributed by atoms with E-state index in [0.717, 1.165) is 19.3 Å². The van der Waals surface area contributed by atoms with Crippen LogP contribution in [0.4, 0.5) is 0 Å². The summed E-state index contributed by atoms with van der Waals surface area (Å²) in [6, 6.07) is 0. The van der Waals surface area contributed by atoms with Crippen molar-refractivity contribution in [2.24, 2.45) is 0 Å². The normalized spacial score (nSPS) is 11.2. The Kier molecular flexibility index (Phi) is 14.6. The molecule has 0 saturated heterocycles. The third-order valence-electron chi connectivity index (χ3n) is 3.29. The number of hydrogen-bond acceptors (Lipinski definition) is 2. The monoisotopic (exact) mass is 270 g/mol. The molecule has 0 fully saturated rings. The molecule has 0 heterocycles. The number of unbranched alkanes of at least 4 members (excludes halogenated alkanes) is 11. The Bertz CT molecular complexity index is 224. The SMILES string of the molecule is O=C(O)/C=C/CCCCCCCCCCCCCO. The summed E-state index contributed by atoms with van der Waals surface area (Å²) in [5.74, 6) is -0.848. The fourth-order valence-corrected chi connectivity index (χ4v) is 2.15. The van der Waals surface area contributed by atoms with Gasteiger partial charge in [-0.15, -0.1) is 0 Å². The Labute approximate surface area is 117 Å². The van der Waals surface area contributed by atoms with E-state index in [0.29, 0.717) is 6.61 Å². The summed E-state index contributed by atoms with van der Waals surface area (Å²) in [6.45, 7) is 0.335. The van der Waals surface area contributed by atoms with Gasteiger partial charge in [0.2, 0.25) is 0 Å². The topological polar surface area (TPSA) is 57.5 Å². The maximum Gasteiger partial charge on any atom is 0.327 e. The highest BCUT2D eigenvalue weighted by Crippen LogP contribution is 2.11. The molecule has 0 rings (SSSR count). The van der Waals surface area contributed by atoms with Gasteiger partial charge in [-0.1, -0.05) is 63.9 Å². The van der Waals surface area contributed by atoms with Crippen molar-refractivity contribution in [1.29, 1.82) is 0 Å². The summed E-state index contributed by atoms with van der Waals surface area (Å²) in [5, 5.41) is 17.0. The molecule has 19 heavy (non-hydrogen) atoms. The van der Waals surface area contributed by atoms with E-state index in [-0.39, 0.29) is 0 Å². The summed E-state index contributed by atoms with van der Waals surface area (Å²) in [4.78, 5) is 10.2. The van der Waals surface area contributed by atoms with E-state index in [1.165, 1.54) is 63.9 Å². The molecule has 0 aliphatic rings. The van der Waals surface area contributed by atoms with Gasteiger partial charge >= 0.3 is 5.97 Å². The maximum absolute atomic E-state index is 10.2. The second kappa shape index (κ2) is 15.2. The Balaban J connectivity index is 3.01. The van der Waals surface area contributed by atoms with Crippen molar-refractivity contribution in [3.8, 4) is 0 Å². The quantitative estimate of drug-likeness (QED) is 0.365. The van der Waals surface area contributed by atoms with Gasteiger partial charge in [0.1, 0.15) is 0 Å². The molecule has 0 aromatic heterocycles. The molecule has 0 unspecified atom stereocenters. The lowest BCUT2D eigenvalue weighted by Gasteiger charge is -2.02. The number of aliphatic hydroxyl groups is 1. The first-order valence-corrected chi connectivity index (χ1v) is 7.77. The molecule has 0 aliphatic heterocycles. The Morgan fingerprint density at radius 1 is 0.737 bits per heavy atom. The van der Waals surface area contributed by atoms with Crippen molar-refractivity contribution in [2.45, 2.75) is 77.0 Å². The average Bonchev–Trinajstić information content (AvgIpc) is 2.39. The van der Waals surface area contributed by atoms with E-state index in [9.17, 15) is 4.79 Å². The van der Waals surface area contributed by atoms with E-state index >= 15 is 0 Å². The molecule has 0 amide bonds. The first-order chi connectivity index (χ1) is 9.27. The molecule has 0 aromatic rings. The van der Waals surface area contributed by atoms with Crippen molar-refractivity contribution in [3.05, 3.63) is 12.2 Å². The molecular weight excluding hydrogens is 240 g/mol. The molecule has 3 nitrogen and oxygen atoms in total. The molecule has 3 heteroatoms. The minimum Gasteiger partial charge on any atom is -0.478 e. The molecule has 0 atom stereocenters. The van der Waals surface area contributed by atoms with E-state index in [1.54, 1.807) is 6.08 Å². The molecule has 0 spiro atoms. The zero-order valence-electron chi connectivity index (χ0n) is 12.1. The van der Waals surface area contributed by atoms with E-state index in [2.05, 4.69) is 0 Å².